The maximum Gasteiger partial charge on any atom is 0.266 e. The van der Waals surface area contributed by atoms with Crippen LogP contribution in [0.1, 0.15) is 43.6 Å². The van der Waals surface area contributed by atoms with Crippen molar-refractivity contribution < 1.29 is 14.4 Å². The number of ketones is 1. The van der Waals surface area contributed by atoms with E-state index in [-0.39, 0.29) is 23.2 Å². The van der Waals surface area contributed by atoms with E-state index < -0.39 is 0 Å². The first-order chi connectivity index (χ1) is 9.99. The molecule has 0 fully saturated rings. The number of Topliss-reactive ketones (excluding diaryl/α,β-unsaturated/α-hetero) is 1. The van der Waals surface area contributed by atoms with Gasteiger partial charge in [0.1, 0.15) is 0 Å². The predicted octanol–water partition coefficient (Wildman–Crippen LogP) is 3.00. The molecule has 4 nitrogen and oxygen atoms in total. The first kappa shape index (κ1) is 13.2. The molecule has 0 spiro atoms. The van der Waals surface area contributed by atoms with Gasteiger partial charge in [0.25, 0.3) is 11.8 Å². The second kappa shape index (κ2) is 4.66. The van der Waals surface area contributed by atoms with Crippen LogP contribution in [0.3, 0.4) is 0 Å². The highest BCUT2D eigenvalue weighted by Crippen LogP contribution is 2.29. The average Bonchev–Trinajstić information content (AvgIpc) is 2.72. The van der Waals surface area contributed by atoms with Crippen LogP contribution in [-0.2, 0) is 0 Å². The van der Waals surface area contributed by atoms with Crippen molar-refractivity contribution in [1.82, 2.24) is 0 Å². The number of benzene rings is 2. The van der Waals surface area contributed by atoms with Crippen molar-refractivity contribution in [2.75, 3.05) is 4.90 Å². The monoisotopic (exact) mass is 279 g/mol. The minimum Gasteiger partial charge on any atom is -0.295 e. The summed E-state index contributed by atoms with van der Waals surface area (Å²) in [4.78, 5) is 37.4. The molecule has 0 aliphatic carbocycles. The number of nitrogens with zero attached hydrogens (tertiary/aromatic N) is 1. The molecule has 21 heavy (non-hydrogen) atoms. The molecule has 0 unspecified atom stereocenters. The fourth-order valence-electron chi connectivity index (χ4n) is 2.39. The summed E-state index contributed by atoms with van der Waals surface area (Å²) < 4.78 is 0. The Morgan fingerprint density at radius 3 is 2.14 bits per heavy atom. The van der Waals surface area contributed by atoms with Crippen LogP contribution in [0, 0.1) is 6.92 Å². The topological polar surface area (TPSA) is 54.5 Å². The lowest BCUT2D eigenvalue weighted by atomic mass is 10.0. The van der Waals surface area contributed by atoms with E-state index in [1.54, 1.807) is 24.3 Å². The van der Waals surface area contributed by atoms with Gasteiger partial charge in [-0.3, -0.25) is 14.4 Å². The quantitative estimate of drug-likeness (QED) is 0.627. The molecule has 2 aromatic carbocycles. The Balaban J connectivity index is 2.08. The highest BCUT2D eigenvalue weighted by Gasteiger charge is 2.36. The van der Waals surface area contributed by atoms with Gasteiger partial charge in [-0.05, 0) is 38.1 Å². The van der Waals surface area contributed by atoms with Crippen LogP contribution < -0.4 is 4.90 Å². The number of rotatable bonds is 2. The molecular weight excluding hydrogens is 266 g/mol. The number of fused-ring (bicyclic) bond motifs is 1. The van der Waals surface area contributed by atoms with Crippen LogP contribution >= 0.6 is 0 Å². The van der Waals surface area contributed by atoms with Gasteiger partial charge in [-0.2, -0.15) is 0 Å². The Bertz CT molecular complexity index is 775. The first-order valence-corrected chi connectivity index (χ1v) is 6.59. The molecule has 2 aromatic rings. The number of aryl methyl sites for hydroxylation is 1. The van der Waals surface area contributed by atoms with Gasteiger partial charge in [0, 0.05) is 5.56 Å². The number of hydrogen-bond donors (Lipinski definition) is 0. The number of hydrogen-bond acceptors (Lipinski definition) is 3. The van der Waals surface area contributed by atoms with Gasteiger partial charge < -0.3 is 0 Å². The molecule has 0 saturated carbocycles. The summed E-state index contributed by atoms with van der Waals surface area (Å²) in [7, 11) is 0. The third kappa shape index (κ3) is 2.05. The molecule has 0 radical (unpaired) electrons. The van der Waals surface area contributed by atoms with Gasteiger partial charge in [-0.15, -0.1) is 0 Å². The second-order valence-corrected chi connectivity index (χ2v) is 5.10. The van der Waals surface area contributed by atoms with E-state index in [4.69, 9.17) is 0 Å². The van der Waals surface area contributed by atoms with E-state index in [1.165, 1.54) is 13.0 Å². The van der Waals surface area contributed by atoms with Crippen LogP contribution in [0.4, 0.5) is 5.69 Å². The third-order valence-corrected chi connectivity index (χ3v) is 3.59. The first-order valence-electron chi connectivity index (χ1n) is 6.59. The fourth-order valence-corrected chi connectivity index (χ4v) is 2.39. The highest BCUT2D eigenvalue weighted by molar-refractivity contribution is 6.34. The van der Waals surface area contributed by atoms with Crippen molar-refractivity contribution in [3.8, 4) is 0 Å². The Morgan fingerprint density at radius 2 is 1.52 bits per heavy atom. The molecule has 0 bridgehead atoms. The van der Waals surface area contributed by atoms with Crippen LogP contribution in [0.5, 0.6) is 0 Å². The molecule has 0 N–H and O–H groups in total. The Kier molecular flexibility index (Phi) is 2.94. The van der Waals surface area contributed by atoms with Gasteiger partial charge in [0.2, 0.25) is 0 Å². The molecule has 1 heterocycles. The van der Waals surface area contributed by atoms with Crippen molar-refractivity contribution in [2.24, 2.45) is 0 Å². The normalized spacial score (nSPS) is 13.5. The maximum absolute atomic E-state index is 12.5. The van der Waals surface area contributed by atoms with E-state index in [9.17, 15) is 14.4 Å². The molecule has 1 aliphatic rings. The summed E-state index contributed by atoms with van der Waals surface area (Å²) in [5.74, 6) is -0.872. The van der Waals surface area contributed by atoms with E-state index in [0.717, 1.165) is 10.5 Å². The number of anilines is 1. The van der Waals surface area contributed by atoms with E-state index in [1.807, 2.05) is 19.1 Å². The van der Waals surface area contributed by atoms with Gasteiger partial charge in [-0.1, -0.05) is 23.8 Å². The molecule has 4 heteroatoms. The predicted molar refractivity (Wildman–Crippen MR) is 78.8 cm³/mol. The van der Waals surface area contributed by atoms with Gasteiger partial charge in [0.05, 0.1) is 16.8 Å². The van der Waals surface area contributed by atoms with Crippen molar-refractivity contribution in [2.45, 2.75) is 13.8 Å². The smallest absolute Gasteiger partial charge is 0.266 e. The molecule has 3 rings (SSSR count). The highest BCUT2D eigenvalue weighted by atomic mass is 16.2. The SMILES string of the molecule is CC(=O)c1ccc2c(c1)C(=O)N(c1ccc(C)cc1)C2=O. The maximum atomic E-state index is 12.5. The summed E-state index contributed by atoms with van der Waals surface area (Å²) in [6.45, 7) is 3.37. The summed E-state index contributed by atoms with van der Waals surface area (Å²) >= 11 is 0. The molecule has 1 aliphatic heterocycles. The number of amides is 2. The minimum absolute atomic E-state index is 0.133. The van der Waals surface area contributed by atoms with Crippen molar-refractivity contribution in [3.63, 3.8) is 0 Å². The Morgan fingerprint density at radius 1 is 0.905 bits per heavy atom. The Labute approximate surface area is 122 Å². The third-order valence-electron chi connectivity index (χ3n) is 3.59. The van der Waals surface area contributed by atoms with Gasteiger partial charge >= 0.3 is 0 Å². The van der Waals surface area contributed by atoms with Crippen molar-refractivity contribution >= 4 is 23.3 Å². The Hall–Kier alpha value is -2.75. The summed E-state index contributed by atoms with van der Waals surface area (Å²) in [5, 5.41) is 0. The fraction of sp³-hybridized carbons (Fsp3) is 0.118. The van der Waals surface area contributed by atoms with Crippen LogP contribution in [0.25, 0.3) is 0 Å². The lowest BCUT2D eigenvalue weighted by molar-refractivity contribution is 0.0925. The second-order valence-electron chi connectivity index (χ2n) is 5.10. The van der Waals surface area contributed by atoms with E-state index in [0.29, 0.717) is 16.8 Å². The molecule has 2 amide bonds. The lowest BCUT2D eigenvalue weighted by Gasteiger charge is -2.13. The molecular formula is C17H13NO3. The van der Waals surface area contributed by atoms with Gasteiger partial charge in [-0.25, -0.2) is 4.90 Å². The average molecular weight is 279 g/mol. The standard InChI is InChI=1S/C17H13NO3/c1-10-3-6-13(7-4-10)18-16(20)14-8-5-12(11(2)19)9-15(14)17(18)21/h3-9H,1-2H3. The lowest BCUT2D eigenvalue weighted by Crippen LogP contribution is -2.29. The zero-order valence-corrected chi connectivity index (χ0v) is 11.7. The number of carbonyl (C=O) groups is 3. The largest absolute Gasteiger partial charge is 0.295 e. The molecule has 104 valence electrons. The zero-order valence-electron chi connectivity index (χ0n) is 11.7. The van der Waals surface area contributed by atoms with Crippen LogP contribution in [0.2, 0.25) is 0 Å². The van der Waals surface area contributed by atoms with E-state index in [2.05, 4.69) is 0 Å². The minimum atomic E-state index is -0.387. The molecule has 0 saturated heterocycles. The van der Waals surface area contributed by atoms with Gasteiger partial charge in [0.15, 0.2) is 5.78 Å². The number of imide groups is 1. The summed E-state index contributed by atoms with van der Waals surface area (Å²) in [6, 6.07) is 11.8. The molecule has 0 atom stereocenters. The van der Waals surface area contributed by atoms with Crippen LogP contribution in [-0.4, -0.2) is 17.6 Å². The van der Waals surface area contributed by atoms with Crippen molar-refractivity contribution in [1.29, 1.82) is 0 Å². The molecule has 0 aromatic heterocycles. The summed E-state index contributed by atoms with van der Waals surface area (Å²) in [6.07, 6.45) is 0. The van der Waals surface area contributed by atoms with Crippen LogP contribution in [0.15, 0.2) is 42.5 Å². The van der Waals surface area contributed by atoms with E-state index >= 15 is 0 Å². The summed E-state index contributed by atoms with van der Waals surface area (Å²) in [5.41, 5.74) is 2.64. The van der Waals surface area contributed by atoms with Crippen molar-refractivity contribution in [3.05, 3.63) is 64.7 Å². The zero-order chi connectivity index (χ0) is 15.1. The number of carbonyl (C=O) groups excluding carboxylic acids is 3.